The number of benzene rings is 1. The fraction of sp³-hybridized carbons (Fsp3) is 0.467. The first-order valence-electron chi connectivity index (χ1n) is 7.08. The van der Waals surface area contributed by atoms with Crippen LogP contribution >= 0.6 is 28.1 Å². The molecule has 5 nitrogen and oxygen atoms in total. The van der Waals surface area contributed by atoms with Crippen molar-refractivity contribution in [2.24, 2.45) is 5.10 Å². The maximum absolute atomic E-state index is 5.26. The monoisotopic (exact) mass is 387 g/mol. The molecule has 0 heterocycles. The van der Waals surface area contributed by atoms with Crippen molar-refractivity contribution >= 4 is 39.0 Å². The predicted molar refractivity (Wildman–Crippen MR) is 97.8 cm³/mol. The minimum absolute atomic E-state index is 0.503. The summed E-state index contributed by atoms with van der Waals surface area (Å²) in [6.07, 6.45) is 0.907. The number of hydrogen-bond donors (Lipinski definition) is 2. The number of nitrogens with one attached hydrogen (secondary N) is 2. The maximum Gasteiger partial charge on any atom is 0.186 e. The van der Waals surface area contributed by atoms with Crippen LogP contribution in [0.3, 0.4) is 0 Å². The lowest BCUT2D eigenvalue weighted by Gasteiger charge is -2.09. The number of methoxy groups -OCH3 is 1. The molecule has 0 radical (unpaired) electrons. The van der Waals surface area contributed by atoms with Crippen LogP contribution in [0.4, 0.5) is 0 Å². The summed E-state index contributed by atoms with van der Waals surface area (Å²) in [7, 11) is 1.64. The van der Waals surface area contributed by atoms with Crippen LogP contribution < -0.4 is 15.5 Å². The Kier molecular flexibility index (Phi) is 9.03. The topological polar surface area (TPSA) is 54.9 Å². The lowest BCUT2D eigenvalue weighted by atomic mass is 10.1. The number of hydrazone groups is 1. The molecular weight excluding hydrogens is 366 g/mol. The van der Waals surface area contributed by atoms with Crippen LogP contribution in [0.5, 0.6) is 5.75 Å². The zero-order valence-electron chi connectivity index (χ0n) is 13.1. The summed E-state index contributed by atoms with van der Waals surface area (Å²) in [6.45, 7) is 6.12. The number of halogens is 1. The Bertz CT molecular complexity index is 524. The molecule has 0 aliphatic heterocycles. The molecule has 0 aliphatic carbocycles. The van der Waals surface area contributed by atoms with Crippen molar-refractivity contribution in [3.05, 3.63) is 28.2 Å². The molecule has 1 aromatic rings. The van der Waals surface area contributed by atoms with Gasteiger partial charge < -0.3 is 14.8 Å². The second kappa shape index (κ2) is 10.5. The van der Waals surface area contributed by atoms with Crippen molar-refractivity contribution in [2.45, 2.75) is 20.3 Å². The fourth-order valence-electron chi connectivity index (χ4n) is 1.65. The summed E-state index contributed by atoms with van der Waals surface area (Å²) >= 11 is 8.63. The Morgan fingerprint density at radius 2 is 2.18 bits per heavy atom. The van der Waals surface area contributed by atoms with Crippen LogP contribution in [0.25, 0.3) is 0 Å². The van der Waals surface area contributed by atoms with E-state index in [0.29, 0.717) is 5.11 Å². The molecule has 0 saturated carbocycles. The van der Waals surface area contributed by atoms with Gasteiger partial charge in [-0.2, -0.15) is 5.10 Å². The van der Waals surface area contributed by atoms with Crippen LogP contribution in [0.15, 0.2) is 27.8 Å². The van der Waals surface area contributed by atoms with Crippen LogP contribution in [0, 0.1) is 0 Å². The number of hydrogen-bond acceptors (Lipinski definition) is 4. The lowest BCUT2D eigenvalue weighted by Crippen LogP contribution is -2.33. The van der Waals surface area contributed by atoms with Crippen LogP contribution in [-0.2, 0) is 4.74 Å². The normalized spacial score (nSPS) is 11.2. The number of ether oxygens (including phenoxy) is 2. The summed E-state index contributed by atoms with van der Waals surface area (Å²) in [4.78, 5) is 0. The van der Waals surface area contributed by atoms with Crippen LogP contribution in [0.2, 0.25) is 0 Å². The lowest BCUT2D eigenvalue weighted by molar-refractivity contribution is 0.145. The molecular formula is C15H22BrN3O2S. The van der Waals surface area contributed by atoms with Gasteiger partial charge in [-0.15, -0.1) is 0 Å². The summed E-state index contributed by atoms with van der Waals surface area (Å²) in [5, 5.41) is 7.86. The highest BCUT2D eigenvalue weighted by Gasteiger charge is 2.04. The first kappa shape index (κ1) is 18.9. The molecule has 2 N–H and O–H groups in total. The number of nitrogens with zero attached hydrogens (tertiary/aromatic N) is 1. The second-order valence-corrected chi connectivity index (χ2v) is 5.73. The quantitative estimate of drug-likeness (QED) is 0.310. The van der Waals surface area contributed by atoms with E-state index in [4.69, 9.17) is 21.7 Å². The van der Waals surface area contributed by atoms with Gasteiger partial charge in [0.1, 0.15) is 5.75 Å². The van der Waals surface area contributed by atoms with Crippen molar-refractivity contribution in [3.63, 3.8) is 0 Å². The molecule has 0 saturated heterocycles. The SMILES string of the molecule is CCOCCCNC(=S)N/N=C(/C)c1ccc(OC)c(Br)c1. The molecule has 22 heavy (non-hydrogen) atoms. The zero-order chi connectivity index (χ0) is 16.4. The van der Waals surface area contributed by atoms with Gasteiger partial charge in [0.25, 0.3) is 0 Å². The minimum Gasteiger partial charge on any atom is -0.496 e. The molecule has 1 aromatic carbocycles. The minimum atomic E-state index is 0.503. The Morgan fingerprint density at radius 1 is 1.41 bits per heavy atom. The van der Waals surface area contributed by atoms with E-state index in [-0.39, 0.29) is 0 Å². The Balaban J connectivity index is 2.44. The summed E-state index contributed by atoms with van der Waals surface area (Å²) in [5.74, 6) is 0.788. The number of thiocarbonyl (C=S) groups is 1. The molecule has 0 aliphatic rings. The van der Waals surface area contributed by atoms with Crippen molar-refractivity contribution in [1.82, 2.24) is 10.7 Å². The van der Waals surface area contributed by atoms with Crippen molar-refractivity contribution in [1.29, 1.82) is 0 Å². The van der Waals surface area contributed by atoms with E-state index in [0.717, 1.165) is 47.7 Å². The molecule has 0 aromatic heterocycles. The van der Waals surface area contributed by atoms with Gasteiger partial charge in [-0.05, 0) is 72.2 Å². The molecule has 7 heteroatoms. The van der Waals surface area contributed by atoms with Gasteiger partial charge >= 0.3 is 0 Å². The third-order valence-corrected chi connectivity index (χ3v) is 3.71. The third-order valence-electron chi connectivity index (χ3n) is 2.85. The zero-order valence-corrected chi connectivity index (χ0v) is 15.5. The first-order chi connectivity index (χ1) is 10.6. The largest absolute Gasteiger partial charge is 0.496 e. The first-order valence-corrected chi connectivity index (χ1v) is 8.28. The Labute approximate surface area is 145 Å². The molecule has 1 rings (SSSR count). The highest BCUT2D eigenvalue weighted by atomic mass is 79.9. The maximum atomic E-state index is 5.26. The molecule has 0 bridgehead atoms. The fourth-order valence-corrected chi connectivity index (χ4v) is 2.34. The molecule has 0 spiro atoms. The summed E-state index contributed by atoms with van der Waals surface area (Å²) in [5.41, 5.74) is 4.66. The molecule has 0 atom stereocenters. The third kappa shape index (κ3) is 6.72. The molecule has 0 unspecified atom stereocenters. The van der Waals surface area contributed by atoms with E-state index in [1.54, 1.807) is 7.11 Å². The predicted octanol–water partition coefficient (Wildman–Crippen LogP) is 3.07. The van der Waals surface area contributed by atoms with E-state index in [9.17, 15) is 0 Å². The van der Waals surface area contributed by atoms with Gasteiger partial charge in [0.15, 0.2) is 5.11 Å². The van der Waals surface area contributed by atoms with E-state index in [1.807, 2.05) is 32.0 Å². The summed E-state index contributed by atoms with van der Waals surface area (Å²) in [6, 6.07) is 5.79. The summed E-state index contributed by atoms with van der Waals surface area (Å²) < 4.78 is 11.3. The van der Waals surface area contributed by atoms with Crippen molar-refractivity contribution in [2.75, 3.05) is 26.9 Å². The van der Waals surface area contributed by atoms with Gasteiger partial charge in [-0.3, -0.25) is 5.43 Å². The average Bonchev–Trinajstić information content (AvgIpc) is 2.52. The van der Waals surface area contributed by atoms with Crippen LogP contribution in [-0.4, -0.2) is 37.7 Å². The standard InChI is InChI=1S/C15H22BrN3O2S/c1-4-21-9-5-8-17-15(22)19-18-11(2)12-6-7-14(20-3)13(16)10-12/h6-7,10H,4-5,8-9H2,1-3H3,(H2,17,19,22)/b18-11-. The van der Waals surface area contributed by atoms with E-state index >= 15 is 0 Å². The van der Waals surface area contributed by atoms with E-state index in [2.05, 4.69) is 31.8 Å². The highest BCUT2D eigenvalue weighted by molar-refractivity contribution is 9.10. The number of rotatable bonds is 8. The van der Waals surface area contributed by atoms with E-state index < -0.39 is 0 Å². The van der Waals surface area contributed by atoms with Gasteiger partial charge in [-0.25, -0.2) is 0 Å². The Hall–Kier alpha value is -1.18. The van der Waals surface area contributed by atoms with Crippen molar-refractivity contribution < 1.29 is 9.47 Å². The Morgan fingerprint density at radius 3 is 2.82 bits per heavy atom. The van der Waals surface area contributed by atoms with Gasteiger partial charge in [-0.1, -0.05) is 0 Å². The van der Waals surface area contributed by atoms with E-state index in [1.165, 1.54) is 0 Å². The van der Waals surface area contributed by atoms with Crippen LogP contribution in [0.1, 0.15) is 25.8 Å². The van der Waals surface area contributed by atoms with Gasteiger partial charge in [0, 0.05) is 19.8 Å². The molecule has 122 valence electrons. The molecule has 0 fully saturated rings. The smallest absolute Gasteiger partial charge is 0.186 e. The van der Waals surface area contributed by atoms with Gasteiger partial charge in [0.2, 0.25) is 0 Å². The van der Waals surface area contributed by atoms with Crippen molar-refractivity contribution in [3.8, 4) is 5.75 Å². The highest BCUT2D eigenvalue weighted by Crippen LogP contribution is 2.25. The second-order valence-electron chi connectivity index (χ2n) is 4.46. The molecule has 0 amide bonds. The van der Waals surface area contributed by atoms with Gasteiger partial charge in [0.05, 0.1) is 17.3 Å². The average molecular weight is 388 g/mol.